The number of hydrogen-bond donors (Lipinski definition) is 2. The number of nitrogens with one attached hydrogen (secondary N) is 1. The van der Waals surface area contributed by atoms with Gasteiger partial charge < -0.3 is 24.6 Å². The molecule has 0 aromatic heterocycles. The molecule has 0 radical (unpaired) electrons. The van der Waals surface area contributed by atoms with Crippen LogP contribution in [0.4, 0.5) is 18.0 Å². The summed E-state index contributed by atoms with van der Waals surface area (Å²) in [5.41, 5.74) is -1.03. The highest BCUT2D eigenvalue weighted by Crippen LogP contribution is 2.24. The van der Waals surface area contributed by atoms with Crippen LogP contribution in [0.2, 0.25) is 0 Å². The Hall–Kier alpha value is -2.90. The number of alkyl halides is 3. The van der Waals surface area contributed by atoms with Crippen LogP contribution in [-0.4, -0.2) is 74.0 Å². The number of aliphatic hydroxyl groups is 1. The summed E-state index contributed by atoms with van der Waals surface area (Å²) < 4.78 is 48.8. The second-order valence-corrected chi connectivity index (χ2v) is 11.4. The number of amides is 1. The van der Waals surface area contributed by atoms with Gasteiger partial charge in [-0.15, -0.1) is 0 Å². The minimum atomic E-state index is -4.44. The first kappa shape index (κ1) is 44.5. The van der Waals surface area contributed by atoms with Gasteiger partial charge in [-0.05, 0) is 74.1 Å². The highest BCUT2D eigenvalue weighted by Gasteiger charge is 2.34. The number of carbonyl (C=O) groups is 4. The number of oxime groups is 1. The van der Waals surface area contributed by atoms with E-state index in [0.29, 0.717) is 12.8 Å². The molecular formula is C29H53F3N2O9. The maximum Gasteiger partial charge on any atom is 0.433 e. The van der Waals surface area contributed by atoms with Gasteiger partial charge in [0.15, 0.2) is 6.61 Å². The van der Waals surface area contributed by atoms with E-state index < -0.39 is 41.1 Å². The average Bonchev–Trinajstić information content (AvgIpc) is 2.95. The second kappa shape index (κ2) is 21.7. The van der Waals surface area contributed by atoms with E-state index in [1.54, 1.807) is 27.7 Å². The molecule has 0 rings (SSSR count). The first-order chi connectivity index (χ1) is 19.6. The van der Waals surface area contributed by atoms with Crippen LogP contribution in [0.1, 0.15) is 102 Å². The summed E-state index contributed by atoms with van der Waals surface area (Å²) in [6.45, 7) is 18.4. The molecule has 0 saturated heterocycles. The molecule has 254 valence electrons. The van der Waals surface area contributed by atoms with Crippen LogP contribution in [0.15, 0.2) is 5.16 Å². The Morgan fingerprint density at radius 2 is 1.12 bits per heavy atom. The minimum Gasteiger partial charge on any atom is -0.463 e. The molecule has 0 aromatic rings. The van der Waals surface area contributed by atoms with Crippen molar-refractivity contribution in [3.05, 3.63) is 0 Å². The number of aliphatic hydroxyl groups excluding tert-OH is 1. The zero-order chi connectivity index (χ0) is 34.5. The predicted octanol–water partition coefficient (Wildman–Crippen LogP) is 5.96. The number of esters is 3. The van der Waals surface area contributed by atoms with Crippen molar-refractivity contribution < 1.29 is 56.5 Å². The lowest BCUT2D eigenvalue weighted by Crippen LogP contribution is -2.31. The second-order valence-electron chi connectivity index (χ2n) is 11.4. The summed E-state index contributed by atoms with van der Waals surface area (Å²) in [4.78, 5) is 49.5. The van der Waals surface area contributed by atoms with Crippen LogP contribution >= 0.6 is 0 Å². The minimum absolute atomic E-state index is 0.0995. The van der Waals surface area contributed by atoms with Crippen molar-refractivity contribution in [2.75, 3.05) is 33.0 Å². The van der Waals surface area contributed by atoms with Gasteiger partial charge in [0.05, 0.1) is 35.1 Å². The number of carbonyl (C=O) groups excluding carboxylic acids is 4. The summed E-state index contributed by atoms with van der Waals surface area (Å²) >= 11 is 0. The monoisotopic (exact) mass is 630 g/mol. The van der Waals surface area contributed by atoms with Crippen molar-refractivity contribution in [1.82, 2.24) is 5.32 Å². The molecule has 0 fully saturated rings. The van der Waals surface area contributed by atoms with E-state index in [2.05, 4.69) is 20.0 Å². The Morgan fingerprint density at radius 1 is 0.721 bits per heavy atom. The molecule has 0 heterocycles. The van der Waals surface area contributed by atoms with E-state index in [1.807, 2.05) is 48.5 Å². The fourth-order valence-electron chi connectivity index (χ4n) is 1.82. The average molecular weight is 631 g/mol. The van der Waals surface area contributed by atoms with Gasteiger partial charge in [-0.25, -0.2) is 4.79 Å². The van der Waals surface area contributed by atoms with Gasteiger partial charge >= 0.3 is 30.2 Å². The Balaban J connectivity index is -0.000000585. The standard InChI is InChI=1S/C13H24N2O4.C8H13F3O2.C8H16O3/c1-6-10(3)15-19-12(17)14-8-9-18-11(16)13(4,5)7-2;1-4-7(2,3)6(12)13-5-8(9,10)11;1-4-8(2,3)7(10)11-6-5-9/h6-9H2,1-5H3,(H,14,17);4-5H2,1-3H3;9H,4-6H2,1-3H3/b15-10-;;. The van der Waals surface area contributed by atoms with E-state index in [1.165, 1.54) is 0 Å². The number of hydrogen-bond acceptors (Lipinski definition) is 10. The number of rotatable bonds is 14. The van der Waals surface area contributed by atoms with Crippen molar-refractivity contribution in [3.8, 4) is 0 Å². The molecule has 0 bridgehead atoms. The van der Waals surface area contributed by atoms with E-state index in [9.17, 15) is 32.3 Å². The Kier molecular flexibility index (Phi) is 22.5. The predicted molar refractivity (Wildman–Crippen MR) is 156 cm³/mol. The first-order valence-corrected chi connectivity index (χ1v) is 14.2. The van der Waals surface area contributed by atoms with Gasteiger partial charge in [0.25, 0.3) is 0 Å². The zero-order valence-electron chi connectivity index (χ0n) is 27.7. The molecule has 0 spiro atoms. The lowest BCUT2D eigenvalue weighted by atomic mass is 9.91. The third-order valence-corrected chi connectivity index (χ3v) is 6.40. The highest BCUT2D eigenvalue weighted by molar-refractivity contribution is 5.82. The molecule has 0 atom stereocenters. The summed E-state index contributed by atoms with van der Waals surface area (Å²) in [5.74, 6) is -1.33. The normalized spacial score (nSPS) is 12.0. The van der Waals surface area contributed by atoms with Crippen molar-refractivity contribution in [2.24, 2.45) is 21.4 Å². The van der Waals surface area contributed by atoms with Gasteiger partial charge in [-0.2, -0.15) is 13.2 Å². The van der Waals surface area contributed by atoms with Gasteiger partial charge in [-0.1, -0.05) is 32.9 Å². The molecule has 0 saturated carbocycles. The van der Waals surface area contributed by atoms with Crippen molar-refractivity contribution >= 4 is 29.7 Å². The van der Waals surface area contributed by atoms with Crippen LogP contribution in [0, 0.1) is 16.2 Å². The molecule has 0 aliphatic heterocycles. The van der Waals surface area contributed by atoms with Crippen LogP contribution in [0.5, 0.6) is 0 Å². The van der Waals surface area contributed by atoms with E-state index in [-0.39, 0.29) is 38.3 Å². The summed E-state index contributed by atoms with van der Waals surface area (Å²) in [7, 11) is 0. The maximum absolute atomic E-state index is 11.6. The smallest absolute Gasteiger partial charge is 0.433 e. The molecular weight excluding hydrogens is 577 g/mol. The molecule has 0 aliphatic carbocycles. The fraction of sp³-hybridized carbons (Fsp3) is 0.828. The highest BCUT2D eigenvalue weighted by atomic mass is 19.4. The summed E-state index contributed by atoms with van der Waals surface area (Å²) in [5, 5.41) is 14.4. The number of nitrogens with zero attached hydrogens (tertiary/aromatic N) is 1. The van der Waals surface area contributed by atoms with Gasteiger partial charge in [0.1, 0.15) is 13.2 Å². The van der Waals surface area contributed by atoms with E-state index in [4.69, 9.17) is 14.6 Å². The molecule has 11 nitrogen and oxygen atoms in total. The Labute approximate surface area is 254 Å². The van der Waals surface area contributed by atoms with Crippen molar-refractivity contribution in [1.29, 1.82) is 0 Å². The quantitative estimate of drug-likeness (QED) is 0.0591. The van der Waals surface area contributed by atoms with Gasteiger partial charge in [-0.3, -0.25) is 19.2 Å². The molecule has 2 N–H and O–H groups in total. The van der Waals surface area contributed by atoms with Gasteiger partial charge in [0, 0.05) is 0 Å². The topological polar surface area (TPSA) is 150 Å². The molecule has 0 aliphatic rings. The molecule has 1 amide bonds. The Morgan fingerprint density at radius 3 is 1.47 bits per heavy atom. The largest absolute Gasteiger partial charge is 0.463 e. The van der Waals surface area contributed by atoms with E-state index >= 15 is 0 Å². The SMILES string of the molecule is CC/C(C)=N\OC(=O)NCCOC(=O)C(C)(C)CC.CCC(C)(C)C(=O)OCC(F)(F)F.CCC(C)(C)C(=O)OCCO. The number of ether oxygens (including phenoxy) is 3. The van der Waals surface area contributed by atoms with Gasteiger partial charge in [0.2, 0.25) is 0 Å². The van der Waals surface area contributed by atoms with Crippen molar-refractivity contribution in [2.45, 2.75) is 108 Å². The lowest BCUT2D eigenvalue weighted by molar-refractivity contribution is -0.192. The molecule has 0 unspecified atom stereocenters. The number of halogens is 3. The first-order valence-electron chi connectivity index (χ1n) is 14.2. The lowest BCUT2D eigenvalue weighted by Gasteiger charge is -2.20. The summed E-state index contributed by atoms with van der Waals surface area (Å²) in [6.07, 6.45) is -2.48. The summed E-state index contributed by atoms with van der Waals surface area (Å²) in [6, 6.07) is 0. The van der Waals surface area contributed by atoms with Crippen LogP contribution in [0.3, 0.4) is 0 Å². The Bertz CT molecular complexity index is 872. The third kappa shape index (κ3) is 23.3. The maximum atomic E-state index is 11.6. The molecule has 0 aromatic carbocycles. The zero-order valence-corrected chi connectivity index (χ0v) is 27.7. The molecule has 14 heteroatoms. The van der Waals surface area contributed by atoms with E-state index in [0.717, 1.165) is 18.6 Å². The van der Waals surface area contributed by atoms with Crippen molar-refractivity contribution in [3.63, 3.8) is 0 Å². The third-order valence-electron chi connectivity index (χ3n) is 6.40. The molecule has 43 heavy (non-hydrogen) atoms. The fourth-order valence-corrected chi connectivity index (χ4v) is 1.82. The van der Waals surface area contributed by atoms with Crippen LogP contribution < -0.4 is 5.32 Å². The van der Waals surface area contributed by atoms with Crippen LogP contribution in [0.25, 0.3) is 0 Å². The van der Waals surface area contributed by atoms with Crippen LogP contribution in [-0.2, 0) is 33.4 Å².